The van der Waals surface area contributed by atoms with Crippen LogP contribution in [0.3, 0.4) is 0 Å². The lowest BCUT2D eigenvalue weighted by molar-refractivity contribution is -0.119. The van der Waals surface area contributed by atoms with Gasteiger partial charge in [0, 0.05) is 5.69 Å². The average Bonchev–Trinajstić information content (AvgIpc) is 2.28. The fourth-order valence-corrected chi connectivity index (χ4v) is 1.36. The lowest BCUT2D eigenvalue weighted by Crippen LogP contribution is -2.25. The van der Waals surface area contributed by atoms with Gasteiger partial charge in [0.2, 0.25) is 5.91 Å². The van der Waals surface area contributed by atoms with Crippen LogP contribution in [0.5, 0.6) is 5.75 Å². The number of aliphatic hydroxyl groups is 1. The highest BCUT2D eigenvalue weighted by molar-refractivity contribution is 5.97. The van der Waals surface area contributed by atoms with Crippen LogP contribution in [0.2, 0.25) is 0 Å². The summed E-state index contributed by atoms with van der Waals surface area (Å²) >= 11 is 0. The minimum absolute atomic E-state index is 0.00462. The Balaban J connectivity index is 2.21. The van der Waals surface area contributed by atoms with Gasteiger partial charge in [-0.3, -0.25) is 9.59 Å². The van der Waals surface area contributed by atoms with E-state index in [9.17, 15) is 9.59 Å². The zero-order valence-corrected chi connectivity index (χ0v) is 8.32. The Hall–Kier alpha value is -2.08. The van der Waals surface area contributed by atoms with Crippen molar-refractivity contribution in [1.82, 2.24) is 0 Å². The topological polar surface area (TPSA) is 87.7 Å². The zero-order valence-electron chi connectivity index (χ0n) is 8.32. The standard InChI is InChI=1S/C10H10N2O4/c13-4-9(14)11-6-1-2-8-7(3-6)12-10(15)5-16-8/h1-3,13H,4-5H2,(H,11,14)(H,12,15). The molecule has 0 saturated heterocycles. The molecule has 1 aromatic rings. The summed E-state index contributed by atoms with van der Waals surface area (Å²) in [5.41, 5.74) is 0.996. The molecule has 0 aliphatic carbocycles. The van der Waals surface area contributed by atoms with Crippen molar-refractivity contribution in [3.63, 3.8) is 0 Å². The summed E-state index contributed by atoms with van der Waals surface area (Å²) in [7, 11) is 0. The van der Waals surface area contributed by atoms with E-state index in [2.05, 4.69) is 10.6 Å². The van der Waals surface area contributed by atoms with Gasteiger partial charge in [0.15, 0.2) is 6.61 Å². The SMILES string of the molecule is O=C(CO)Nc1ccc2c(c1)NC(=O)CO2. The van der Waals surface area contributed by atoms with E-state index in [0.29, 0.717) is 17.1 Å². The molecule has 1 aliphatic heterocycles. The number of rotatable bonds is 2. The molecule has 84 valence electrons. The number of ether oxygens (including phenoxy) is 1. The molecule has 3 N–H and O–H groups in total. The summed E-state index contributed by atoms with van der Waals surface area (Å²) in [6.45, 7) is -0.588. The van der Waals surface area contributed by atoms with Gasteiger partial charge in [0.1, 0.15) is 12.4 Å². The quantitative estimate of drug-likeness (QED) is 0.654. The lowest BCUT2D eigenvalue weighted by Gasteiger charge is -2.18. The van der Waals surface area contributed by atoms with Crippen LogP contribution in [0, 0.1) is 0 Å². The summed E-state index contributed by atoms with van der Waals surface area (Å²) in [5.74, 6) is -0.192. The molecule has 16 heavy (non-hydrogen) atoms. The van der Waals surface area contributed by atoms with Gasteiger partial charge in [-0.15, -0.1) is 0 Å². The van der Waals surface area contributed by atoms with Gasteiger partial charge in [-0.05, 0) is 18.2 Å². The number of nitrogens with one attached hydrogen (secondary N) is 2. The highest BCUT2D eigenvalue weighted by Crippen LogP contribution is 2.30. The van der Waals surface area contributed by atoms with Crippen molar-refractivity contribution in [2.45, 2.75) is 0 Å². The highest BCUT2D eigenvalue weighted by atomic mass is 16.5. The molecule has 6 heteroatoms. The molecule has 0 unspecified atom stereocenters. The predicted octanol–water partition coefficient (Wildman–Crippen LogP) is -0.0517. The van der Waals surface area contributed by atoms with Crippen molar-refractivity contribution < 1.29 is 19.4 Å². The molecule has 2 amide bonds. The number of benzene rings is 1. The third-order valence-electron chi connectivity index (χ3n) is 2.04. The minimum atomic E-state index is -0.583. The summed E-state index contributed by atoms with van der Waals surface area (Å²) < 4.78 is 5.15. The Morgan fingerprint density at radius 3 is 3.12 bits per heavy atom. The second-order valence-corrected chi connectivity index (χ2v) is 3.25. The molecule has 0 spiro atoms. The maximum Gasteiger partial charge on any atom is 0.262 e. The molecular weight excluding hydrogens is 212 g/mol. The van der Waals surface area contributed by atoms with Crippen LogP contribution in [0.15, 0.2) is 18.2 Å². The van der Waals surface area contributed by atoms with Crippen LogP contribution in [-0.2, 0) is 9.59 Å². The molecule has 1 aromatic carbocycles. The Morgan fingerprint density at radius 2 is 2.38 bits per heavy atom. The van der Waals surface area contributed by atoms with Gasteiger partial charge in [-0.25, -0.2) is 0 Å². The van der Waals surface area contributed by atoms with Crippen LogP contribution < -0.4 is 15.4 Å². The van der Waals surface area contributed by atoms with E-state index in [4.69, 9.17) is 9.84 Å². The Morgan fingerprint density at radius 1 is 1.56 bits per heavy atom. The monoisotopic (exact) mass is 222 g/mol. The van der Waals surface area contributed by atoms with Crippen molar-refractivity contribution >= 4 is 23.2 Å². The Kier molecular flexibility index (Phi) is 2.74. The van der Waals surface area contributed by atoms with Gasteiger partial charge < -0.3 is 20.5 Å². The Labute approximate surface area is 91.2 Å². The normalized spacial score (nSPS) is 13.4. The molecular formula is C10H10N2O4. The van der Waals surface area contributed by atoms with Crippen molar-refractivity contribution in [3.05, 3.63) is 18.2 Å². The summed E-state index contributed by atoms with van der Waals surface area (Å²) in [6.07, 6.45) is 0. The second-order valence-electron chi connectivity index (χ2n) is 3.25. The van der Waals surface area contributed by atoms with Gasteiger partial charge in [0.25, 0.3) is 5.91 Å². The first kappa shape index (κ1) is 10.4. The number of fused-ring (bicyclic) bond motifs is 1. The second kappa shape index (κ2) is 4.19. The molecule has 0 aromatic heterocycles. The minimum Gasteiger partial charge on any atom is -0.482 e. The maximum absolute atomic E-state index is 11.1. The molecule has 0 radical (unpaired) electrons. The maximum atomic E-state index is 11.1. The summed E-state index contributed by atoms with van der Waals surface area (Å²) in [6, 6.07) is 4.84. The van der Waals surface area contributed by atoms with E-state index in [-0.39, 0.29) is 12.5 Å². The van der Waals surface area contributed by atoms with Crippen molar-refractivity contribution in [1.29, 1.82) is 0 Å². The smallest absolute Gasteiger partial charge is 0.262 e. The van der Waals surface area contributed by atoms with E-state index in [0.717, 1.165) is 0 Å². The largest absolute Gasteiger partial charge is 0.482 e. The summed E-state index contributed by atoms with van der Waals surface area (Å²) in [5, 5.41) is 13.6. The van der Waals surface area contributed by atoms with Crippen LogP contribution >= 0.6 is 0 Å². The number of hydrogen-bond donors (Lipinski definition) is 3. The van der Waals surface area contributed by atoms with Crippen molar-refractivity contribution in [2.75, 3.05) is 23.8 Å². The number of amides is 2. The number of aliphatic hydroxyl groups excluding tert-OH is 1. The van der Waals surface area contributed by atoms with E-state index in [1.165, 1.54) is 0 Å². The molecule has 0 atom stereocenters. The van der Waals surface area contributed by atoms with Crippen LogP contribution in [0.25, 0.3) is 0 Å². The van der Waals surface area contributed by atoms with E-state index in [1.807, 2.05) is 0 Å². The van der Waals surface area contributed by atoms with Gasteiger partial charge >= 0.3 is 0 Å². The predicted molar refractivity (Wildman–Crippen MR) is 56.3 cm³/mol. The Bertz CT molecular complexity index is 444. The number of carbonyl (C=O) groups excluding carboxylic acids is 2. The third kappa shape index (κ3) is 2.12. The first-order valence-electron chi connectivity index (χ1n) is 4.66. The lowest BCUT2D eigenvalue weighted by atomic mass is 10.2. The molecule has 2 rings (SSSR count). The van der Waals surface area contributed by atoms with E-state index in [1.54, 1.807) is 18.2 Å². The average molecular weight is 222 g/mol. The molecule has 1 aliphatic rings. The summed E-state index contributed by atoms with van der Waals surface area (Å²) in [4.78, 5) is 22.0. The zero-order chi connectivity index (χ0) is 11.5. The van der Waals surface area contributed by atoms with Gasteiger partial charge in [-0.2, -0.15) is 0 Å². The fraction of sp³-hybridized carbons (Fsp3) is 0.200. The molecule has 0 fully saturated rings. The number of carbonyl (C=O) groups is 2. The van der Waals surface area contributed by atoms with Crippen molar-refractivity contribution in [2.24, 2.45) is 0 Å². The first-order chi connectivity index (χ1) is 7.69. The van der Waals surface area contributed by atoms with Crippen LogP contribution in [-0.4, -0.2) is 30.1 Å². The number of anilines is 2. The first-order valence-corrected chi connectivity index (χ1v) is 4.66. The fourth-order valence-electron chi connectivity index (χ4n) is 1.36. The van der Waals surface area contributed by atoms with E-state index < -0.39 is 12.5 Å². The van der Waals surface area contributed by atoms with Crippen molar-refractivity contribution in [3.8, 4) is 5.75 Å². The molecule has 0 saturated carbocycles. The third-order valence-corrected chi connectivity index (χ3v) is 2.04. The molecule has 1 heterocycles. The van der Waals surface area contributed by atoms with Crippen LogP contribution in [0.4, 0.5) is 11.4 Å². The van der Waals surface area contributed by atoms with E-state index >= 15 is 0 Å². The van der Waals surface area contributed by atoms with Crippen LogP contribution in [0.1, 0.15) is 0 Å². The molecule has 6 nitrogen and oxygen atoms in total. The number of hydrogen-bond acceptors (Lipinski definition) is 4. The highest BCUT2D eigenvalue weighted by Gasteiger charge is 2.16. The molecule has 0 bridgehead atoms. The van der Waals surface area contributed by atoms with Gasteiger partial charge in [-0.1, -0.05) is 0 Å². The van der Waals surface area contributed by atoms with Gasteiger partial charge in [0.05, 0.1) is 5.69 Å².